The molecule has 2 unspecified atom stereocenters. The Bertz CT molecular complexity index is 394. The van der Waals surface area contributed by atoms with E-state index in [1.165, 1.54) is 0 Å². The monoisotopic (exact) mass is 263 g/mol. The molecule has 2 atom stereocenters. The van der Waals surface area contributed by atoms with E-state index in [0.717, 1.165) is 31.8 Å². The first-order valence-corrected chi connectivity index (χ1v) is 7.08. The van der Waals surface area contributed by atoms with Gasteiger partial charge in [-0.15, -0.1) is 0 Å². The molecule has 0 saturated carbocycles. The SMILES string of the molecule is CCC(N)C(c1ccccn1)N1CCOC(C)(C)C1. The van der Waals surface area contributed by atoms with E-state index in [2.05, 4.69) is 36.7 Å². The van der Waals surface area contributed by atoms with E-state index < -0.39 is 0 Å². The Morgan fingerprint density at radius 2 is 2.26 bits per heavy atom. The number of aromatic nitrogens is 1. The van der Waals surface area contributed by atoms with E-state index in [1.807, 2.05) is 18.3 Å². The standard InChI is InChI=1S/C15H25N3O/c1-4-12(16)14(13-7-5-6-8-17-13)18-9-10-19-15(2,3)11-18/h5-8,12,14H,4,9-11,16H2,1-3H3. The number of hydrogen-bond donors (Lipinski definition) is 1. The maximum atomic E-state index is 6.35. The van der Waals surface area contributed by atoms with E-state index in [9.17, 15) is 0 Å². The molecule has 1 aromatic rings. The Morgan fingerprint density at radius 3 is 2.84 bits per heavy atom. The first kappa shape index (κ1) is 14.4. The summed E-state index contributed by atoms with van der Waals surface area (Å²) in [6, 6.07) is 6.32. The first-order valence-electron chi connectivity index (χ1n) is 7.08. The Morgan fingerprint density at radius 1 is 1.47 bits per heavy atom. The molecular formula is C15H25N3O. The lowest BCUT2D eigenvalue weighted by Gasteiger charge is -2.43. The van der Waals surface area contributed by atoms with Crippen molar-refractivity contribution in [2.45, 2.75) is 44.9 Å². The second-order valence-corrected chi connectivity index (χ2v) is 5.85. The third-order valence-corrected chi connectivity index (χ3v) is 3.72. The normalized spacial score (nSPS) is 22.9. The fourth-order valence-corrected chi connectivity index (χ4v) is 2.74. The van der Waals surface area contributed by atoms with Crippen molar-refractivity contribution < 1.29 is 4.74 Å². The molecule has 19 heavy (non-hydrogen) atoms. The van der Waals surface area contributed by atoms with Gasteiger partial charge in [-0.3, -0.25) is 9.88 Å². The van der Waals surface area contributed by atoms with Crippen LogP contribution < -0.4 is 5.73 Å². The minimum atomic E-state index is -0.112. The molecule has 0 amide bonds. The molecule has 1 aliphatic heterocycles. The molecule has 106 valence electrons. The number of hydrogen-bond acceptors (Lipinski definition) is 4. The topological polar surface area (TPSA) is 51.4 Å². The molecule has 4 nitrogen and oxygen atoms in total. The fourth-order valence-electron chi connectivity index (χ4n) is 2.74. The summed E-state index contributed by atoms with van der Waals surface area (Å²) in [6.07, 6.45) is 2.79. The number of rotatable bonds is 4. The molecule has 4 heteroatoms. The van der Waals surface area contributed by atoms with Gasteiger partial charge < -0.3 is 10.5 Å². The summed E-state index contributed by atoms with van der Waals surface area (Å²) >= 11 is 0. The lowest BCUT2D eigenvalue weighted by molar-refractivity contribution is -0.101. The summed E-state index contributed by atoms with van der Waals surface area (Å²) in [5.74, 6) is 0. The molecule has 2 N–H and O–H groups in total. The number of nitrogens with zero attached hydrogens (tertiary/aromatic N) is 2. The molecule has 1 aromatic heterocycles. The average Bonchev–Trinajstić information content (AvgIpc) is 2.39. The van der Waals surface area contributed by atoms with Crippen LogP contribution in [0.2, 0.25) is 0 Å². The van der Waals surface area contributed by atoms with Gasteiger partial charge in [0.2, 0.25) is 0 Å². The highest BCUT2D eigenvalue weighted by atomic mass is 16.5. The van der Waals surface area contributed by atoms with Crippen LogP contribution in [0.25, 0.3) is 0 Å². The van der Waals surface area contributed by atoms with Gasteiger partial charge in [0, 0.05) is 25.3 Å². The van der Waals surface area contributed by atoms with Crippen LogP contribution in [0.3, 0.4) is 0 Å². The highest BCUT2D eigenvalue weighted by Gasteiger charge is 2.34. The predicted octanol–water partition coefficient (Wildman–Crippen LogP) is 1.97. The van der Waals surface area contributed by atoms with Gasteiger partial charge in [0.15, 0.2) is 0 Å². The van der Waals surface area contributed by atoms with Crippen LogP contribution in [-0.2, 0) is 4.74 Å². The molecule has 0 bridgehead atoms. The summed E-state index contributed by atoms with van der Waals surface area (Å²) in [6.45, 7) is 8.96. The zero-order valence-corrected chi connectivity index (χ0v) is 12.2. The van der Waals surface area contributed by atoms with Crippen molar-refractivity contribution in [3.05, 3.63) is 30.1 Å². The molecule has 1 fully saturated rings. The van der Waals surface area contributed by atoms with Gasteiger partial charge in [-0.2, -0.15) is 0 Å². The third kappa shape index (κ3) is 3.53. The Balaban J connectivity index is 2.23. The third-order valence-electron chi connectivity index (χ3n) is 3.72. The summed E-state index contributed by atoms with van der Waals surface area (Å²) in [5, 5.41) is 0. The predicted molar refractivity (Wildman–Crippen MR) is 76.8 cm³/mol. The van der Waals surface area contributed by atoms with Gasteiger partial charge in [-0.1, -0.05) is 13.0 Å². The molecule has 0 radical (unpaired) electrons. The summed E-state index contributed by atoms with van der Waals surface area (Å²) in [4.78, 5) is 6.93. The zero-order chi connectivity index (χ0) is 13.9. The number of nitrogens with two attached hydrogens (primary N) is 1. The van der Waals surface area contributed by atoms with Gasteiger partial charge >= 0.3 is 0 Å². The van der Waals surface area contributed by atoms with Crippen LogP contribution in [0.1, 0.15) is 38.9 Å². The van der Waals surface area contributed by atoms with Crippen LogP contribution in [0.15, 0.2) is 24.4 Å². The summed E-state index contributed by atoms with van der Waals surface area (Å²) in [5.41, 5.74) is 7.30. The summed E-state index contributed by atoms with van der Waals surface area (Å²) < 4.78 is 5.79. The van der Waals surface area contributed by atoms with E-state index >= 15 is 0 Å². The second kappa shape index (κ2) is 5.99. The maximum absolute atomic E-state index is 6.35. The smallest absolute Gasteiger partial charge is 0.0753 e. The number of ether oxygens (including phenoxy) is 1. The van der Waals surface area contributed by atoms with E-state index in [4.69, 9.17) is 10.5 Å². The molecule has 1 saturated heterocycles. The largest absolute Gasteiger partial charge is 0.373 e. The van der Waals surface area contributed by atoms with Gasteiger partial charge in [0.25, 0.3) is 0 Å². The highest BCUT2D eigenvalue weighted by molar-refractivity contribution is 5.12. The Kier molecular flexibility index (Phi) is 4.55. The molecular weight excluding hydrogens is 238 g/mol. The van der Waals surface area contributed by atoms with Crippen molar-refractivity contribution >= 4 is 0 Å². The minimum Gasteiger partial charge on any atom is -0.373 e. The van der Waals surface area contributed by atoms with Crippen molar-refractivity contribution in [3.63, 3.8) is 0 Å². The lowest BCUT2D eigenvalue weighted by atomic mass is 9.97. The Hall–Kier alpha value is -0.970. The van der Waals surface area contributed by atoms with E-state index in [1.54, 1.807) is 0 Å². The van der Waals surface area contributed by atoms with Crippen molar-refractivity contribution in [3.8, 4) is 0 Å². The van der Waals surface area contributed by atoms with Crippen LogP contribution in [0.5, 0.6) is 0 Å². The molecule has 2 heterocycles. The first-order chi connectivity index (χ1) is 9.03. The lowest BCUT2D eigenvalue weighted by Crippen LogP contribution is -2.53. The molecule has 1 aliphatic rings. The van der Waals surface area contributed by atoms with Gasteiger partial charge in [0.1, 0.15) is 0 Å². The maximum Gasteiger partial charge on any atom is 0.0753 e. The van der Waals surface area contributed by atoms with E-state index in [0.29, 0.717) is 0 Å². The van der Waals surface area contributed by atoms with Crippen molar-refractivity contribution in [2.24, 2.45) is 5.73 Å². The molecule has 2 rings (SSSR count). The van der Waals surface area contributed by atoms with Crippen LogP contribution in [0, 0.1) is 0 Å². The zero-order valence-electron chi connectivity index (χ0n) is 12.2. The molecule has 0 spiro atoms. The average molecular weight is 263 g/mol. The van der Waals surface area contributed by atoms with Crippen LogP contribution in [0.4, 0.5) is 0 Å². The van der Waals surface area contributed by atoms with E-state index in [-0.39, 0.29) is 17.7 Å². The molecule has 0 aromatic carbocycles. The van der Waals surface area contributed by atoms with Gasteiger partial charge in [0.05, 0.1) is 23.9 Å². The van der Waals surface area contributed by atoms with Crippen molar-refractivity contribution in [1.82, 2.24) is 9.88 Å². The van der Waals surface area contributed by atoms with Crippen molar-refractivity contribution in [1.29, 1.82) is 0 Å². The molecule has 0 aliphatic carbocycles. The minimum absolute atomic E-state index is 0.101. The number of morpholine rings is 1. The fraction of sp³-hybridized carbons (Fsp3) is 0.667. The summed E-state index contributed by atoms with van der Waals surface area (Å²) in [7, 11) is 0. The number of pyridine rings is 1. The Labute approximate surface area is 116 Å². The van der Waals surface area contributed by atoms with Crippen molar-refractivity contribution in [2.75, 3.05) is 19.7 Å². The van der Waals surface area contributed by atoms with Gasteiger partial charge in [-0.05, 0) is 32.4 Å². The van der Waals surface area contributed by atoms with Crippen LogP contribution in [-0.4, -0.2) is 41.2 Å². The highest BCUT2D eigenvalue weighted by Crippen LogP contribution is 2.28. The quantitative estimate of drug-likeness (QED) is 0.902. The van der Waals surface area contributed by atoms with Crippen LogP contribution >= 0.6 is 0 Å². The second-order valence-electron chi connectivity index (χ2n) is 5.85. The van der Waals surface area contributed by atoms with Gasteiger partial charge in [-0.25, -0.2) is 0 Å².